The molecule has 3 aliphatic rings. The number of carbonyl (C=O) groups is 1. The zero-order valence-corrected chi connectivity index (χ0v) is 22.1. The maximum atomic E-state index is 13.8. The first-order chi connectivity index (χ1) is 18.0. The Balaban J connectivity index is 1.53. The molecule has 1 saturated carbocycles. The Morgan fingerprint density at radius 1 is 1.00 bits per heavy atom. The van der Waals surface area contributed by atoms with Gasteiger partial charge in [0.2, 0.25) is 0 Å². The van der Waals surface area contributed by atoms with Crippen molar-refractivity contribution in [3.05, 3.63) is 65.5 Å². The standard InChI is InChI=1S/C31H41FN2O3/c1-2-20-36-28-14-10-26(11-15-28)23-34-29(35)37-31(16-18-33-19-17-31)30(34,21-24-6-4-3-5-7-24)22-25-8-12-27(32)13-9-25/h8-15,24,33H,2-7,16-23H2,1H3. The highest BCUT2D eigenvalue weighted by atomic mass is 19.1. The molecule has 0 radical (unpaired) electrons. The molecule has 2 aromatic rings. The summed E-state index contributed by atoms with van der Waals surface area (Å²) < 4.78 is 26.1. The molecule has 1 N–H and O–H groups in total. The van der Waals surface area contributed by atoms with Gasteiger partial charge < -0.3 is 14.8 Å². The SMILES string of the molecule is CCCOc1ccc(CN2C(=O)OC3(CCNCC3)C2(Cc2ccc(F)cc2)CC2CCCCC2)cc1. The number of piperidine rings is 1. The monoisotopic (exact) mass is 508 g/mol. The van der Waals surface area contributed by atoms with Gasteiger partial charge in [0.15, 0.2) is 0 Å². The van der Waals surface area contributed by atoms with E-state index in [-0.39, 0.29) is 11.9 Å². The van der Waals surface area contributed by atoms with Gasteiger partial charge in [-0.2, -0.15) is 0 Å². The lowest BCUT2D eigenvalue weighted by Crippen LogP contribution is -2.63. The quantitative estimate of drug-likeness (QED) is 0.413. The lowest BCUT2D eigenvalue weighted by atomic mass is 9.64. The topological polar surface area (TPSA) is 50.8 Å². The van der Waals surface area contributed by atoms with Gasteiger partial charge >= 0.3 is 6.09 Å². The zero-order chi connectivity index (χ0) is 25.7. The average molecular weight is 509 g/mol. The molecule has 3 fully saturated rings. The van der Waals surface area contributed by atoms with Crippen LogP contribution in [-0.2, 0) is 17.7 Å². The maximum Gasteiger partial charge on any atom is 0.411 e. The van der Waals surface area contributed by atoms with E-state index in [9.17, 15) is 9.18 Å². The molecule has 2 aromatic carbocycles. The van der Waals surface area contributed by atoms with E-state index < -0.39 is 11.1 Å². The second-order valence-corrected chi connectivity index (χ2v) is 11.2. The van der Waals surface area contributed by atoms with E-state index in [0.29, 0.717) is 25.5 Å². The molecule has 5 nitrogen and oxygen atoms in total. The molecule has 1 aliphatic carbocycles. The highest BCUT2D eigenvalue weighted by Gasteiger charge is 2.64. The normalized spacial score (nSPS) is 23.8. The first-order valence-electron chi connectivity index (χ1n) is 14.2. The van der Waals surface area contributed by atoms with Crippen LogP contribution in [0.1, 0.15) is 75.8 Å². The molecule has 1 spiro atoms. The van der Waals surface area contributed by atoms with Gasteiger partial charge in [0.1, 0.15) is 17.2 Å². The van der Waals surface area contributed by atoms with Crippen molar-refractivity contribution < 1.29 is 18.7 Å². The van der Waals surface area contributed by atoms with E-state index in [1.165, 1.54) is 44.2 Å². The van der Waals surface area contributed by atoms with E-state index in [1.54, 1.807) is 0 Å². The van der Waals surface area contributed by atoms with Gasteiger partial charge in [-0.05, 0) is 73.7 Å². The summed E-state index contributed by atoms with van der Waals surface area (Å²) >= 11 is 0. The van der Waals surface area contributed by atoms with Crippen molar-refractivity contribution in [3.63, 3.8) is 0 Å². The average Bonchev–Trinajstić information content (AvgIpc) is 3.12. The van der Waals surface area contributed by atoms with Crippen molar-refractivity contribution in [1.29, 1.82) is 0 Å². The number of rotatable bonds is 9. The van der Waals surface area contributed by atoms with E-state index in [1.807, 2.05) is 29.2 Å². The molecule has 200 valence electrons. The molecule has 37 heavy (non-hydrogen) atoms. The van der Waals surface area contributed by atoms with Crippen molar-refractivity contribution >= 4 is 6.09 Å². The summed E-state index contributed by atoms with van der Waals surface area (Å²) in [6.07, 6.45) is 10.1. The molecule has 5 rings (SSSR count). The number of hydrogen-bond acceptors (Lipinski definition) is 4. The number of halogens is 1. The molecule has 1 amide bonds. The van der Waals surface area contributed by atoms with E-state index in [2.05, 4.69) is 24.4 Å². The first-order valence-corrected chi connectivity index (χ1v) is 14.2. The van der Waals surface area contributed by atoms with Crippen LogP contribution in [-0.4, -0.2) is 41.8 Å². The van der Waals surface area contributed by atoms with Gasteiger partial charge in [-0.15, -0.1) is 0 Å². The van der Waals surface area contributed by atoms with Crippen molar-refractivity contribution in [2.75, 3.05) is 19.7 Å². The van der Waals surface area contributed by atoms with Crippen LogP contribution in [0.25, 0.3) is 0 Å². The molecule has 6 heteroatoms. The minimum Gasteiger partial charge on any atom is -0.494 e. The summed E-state index contributed by atoms with van der Waals surface area (Å²) in [4.78, 5) is 15.8. The third kappa shape index (κ3) is 5.50. The smallest absolute Gasteiger partial charge is 0.411 e. The molecule has 1 atom stereocenters. The number of nitrogens with zero attached hydrogens (tertiary/aromatic N) is 1. The molecule has 2 aliphatic heterocycles. The lowest BCUT2D eigenvalue weighted by Gasteiger charge is -2.50. The van der Waals surface area contributed by atoms with Crippen LogP contribution in [0.15, 0.2) is 48.5 Å². The lowest BCUT2D eigenvalue weighted by molar-refractivity contribution is -0.0550. The van der Waals surface area contributed by atoms with Crippen molar-refractivity contribution in [2.24, 2.45) is 5.92 Å². The Bertz CT molecular complexity index is 1030. The summed E-state index contributed by atoms with van der Waals surface area (Å²) in [7, 11) is 0. The number of carbonyl (C=O) groups excluding carboxylic acids is 1. The van der Waals surface area contributed by atoms with Crippen LogP contribution in [0.2, 0.25) is 0 Å². The Hall–Kier alpha value is -2.60. The Morgan fingerprint density at radius 2 is 1.68 bits per heavy atom. The number of benzene rings is 2. The van der Waals surface area contributed by atoms with E-state index >= 15 is 0 Å². The number of nitrogens with one attached hydrogen (secondary N) is 1. The predicted octanol–water partition coefficient (Wildman–Crippen LogP) is 6.64. The molecule has 2 heterocycles. The highest BCUT2D eigenvalue weighted by Crippen LogP contribution is 2.52. The van der Waals surface area contributed by atoms with Gasteiger partial charge in [-0.1, -0.05) is 63.3 Å². The van der Waals surface area contributed by atoms with E-state index in [0.717, 1.165) is 55.6 Å². The second kappa shape index (κ2) is 11.4. The van der Waals surface area contributed by atoms with Crippen LogP contribution in [0.5, 0.6) is 5.75 Å². The molecule has 1 unspecified atom stereocenters. The second-order valence-electron chi connectivity index (χ2n) is 11.2. The van der Waals surface area contributed by atoms with Gasteiger partial charge in [0, 0.05) is 19.4 Å². The summed E-state index contributed by atoms with van der Waals surface area (Å²) in [5.41, 5.74) is 1.09. The molecule has 0 bridgehead atoms. The summed E-state index contributed by atoms with van der Waals surface area (Å²) in [6, 6.07) is 15.0. The van der Waals surface area contributed by atoms with Crippen LogP contribution in [0, 0.1) is 11.7 Å². The number of hydrogen-bond donors (Lipinski definition) is 1. The largest absolute Gasteiger partial charge is 0.494 e. The van der Waals surface area contributed by atoms with Gasteiger partial charge in [-0.25, -0.2) is 9.18 Å². The Kier molecular flexibility index (Phi) is 8.04. The molecule has 2 saturated heterocycles. The fourth-order valence-electron chi connectivity index (χ4n) is 6.88. The minimum atomic E-state index is -0.550. The van der Waals surface area contributed by atoms with Crippen molar-refractivity contribution in [1.82, 2.24) is 10.2 Å². The van der Waals surface area contributed by atoms with Crippen LogP contribution < -0.4 is 10.1 Å². The molecular formula is C31H41FN2O3. The van der Waals surface area contributed by atoms with Gasteiger partial charge in [0.25, 0.3) is 0 Å². The fraction of sp³-hybridized carbons (Fsp3) is 0.581. The molecule has 0 aromatic heterocycles. The molecular weight excluding hydrogens is 467 g/mol. The third-order valence-corrected chi connectivity index (χ3v) is 8.78. The fourth-order valence-corrected chi connectivity index (χ4v) is 6.88. The van der Waals surface area contributed by atoms with Crippen LogP contribution >= 0.6 is 0 Å². The van der Waals surface area contributed by atoms with Crippen LogP contribution in [0.3, 0.4) is 0 Å². The van der Waals surface area contributed by atoms with E-state index in [4.69, 9.17) is 9.47 Å². The highest BCUT2D eigenvalue weighted by molar-refractivity contribution is 5.73. The van der Waals surface area contributed by atoms with Gasteiger partial charge in [0.05, 0.1) is 12.1 Å². The first kappa shape index (κ1) is 26.0. The zero-order valence-electron chi connectivity index (χ0n) is 22.1. The van der Waals surface area contributed by atoms with Crippen molar-refractivity contribution in [2.45, 2.75) is 88.8 Å². The predicted molar refractivity (Wildman–Crippen MR) is 143 cm³/mol. The number of ether oxygens (including phenoxy) is 2. The summed E-state index contributed by atoms with van der Waals surface area (Å²) in [6.45, 7) is 4.95. The maximum absolute atomic E-state index is 13.8. The van der Waals surface area contributed by atoms with Gasteiger partial charge in [-0.3, -0.25) is 4.90 Å². The summed E-state index contributed by atoms with van der Waals surface area (Å²) in [5, 5.41) is 3.48. The van der Waals surface area contributed by atoms with Crippen molar-refractivity contribution in [3.8, 4) is 5.75 Å². The third-order valence-electron chi connectivity index (χ3n) is 8.78. The number of amides is 1. The Labute approximate surface area is 220 Å². The van der Waals surface area contributed by atoms with Crippen LogP contribution in [0.4, 0.5) is 9.18 Å². The Morgan fingerprint density at radius 3 is 2.35 bits per heavy atom. The summed E-state index contributed by atoms with van der Waals surface area (Å²) in [5.74, 6) is 1.18. The minimum absolute atomic E-state index is 0.217.